The standard InChI is InChI=1S/C12H21NO3/c1-3-4-9(2)5-12(15)16-8-10-6-11(14)13-7-10/h9-10H,3-8H2,1-2H3,(H,13,14)/t9-,10-/m1/s1. The Morgan fingerprint density at radius 3 is 2.94 bits per heavy atom. The van der Waals surface area contributed by atoms with Crippen molar-refractivity contribution in [3.8, 4) is 0 Å². The SMILES string of the molecule is CCC[C@@H](C)CC(=O)OC[C@H]1CNC(=O)C1. The zero-order chi connectivity index (χ0) is 12.0. The van der Waals surface area contributed by atoms with Gasteiger partial charge in [-0.1, -0.05) is 26.7 Å². The average molecular weight is 227 g/mol. The Labute approximate surface area is 96.7 Å². The van der Waals surface area contributed by atoms with Gasteiger partial charge in [0.05, 0.1) is 6.61 Å². The number of nitrogens with one attached hydrogen (secondary N) is 1. The fourth-order valence-electron chi connectivity index (χ4n) is 1.93. The summed E-state index contributed by atoms with van der Waals surface area (Å²) in [5.74, 6) is 0.472. The lowest BCUT2D eigenvalue weighted by atomic mass is 10.0. The largest absolute Gasteiger partial charge is 0.465 e. The van der Waals surface area contributed by atoms with Gasteiger partial charge in [-0.15, -0.1) is 0 Å². The van der Waals surface area contributed by atoms with Crippen molar-refractivity contribution in [2.45, 2.75) is 39.5 Å². The molecule has 1 aliphatic rings. The molecule has 0 aromatic rings. The number of hydrogen-bond donors (Lipinski definition) is 1. The van der Waals surface area contributed by atoms with Gasteiger partial charge in [-0.2, -0.15) is 0 Å². The summed E-state index contributed by atoms with van der Waals surface area (Å²) >= 11 is 0. The number of esters is 1. The van der Waals surface area contributed by atoms with Gasteiger partial charge in [-0.25, -0.2) is 0 Å². The van der Waals surface area contributed by atoms with E-state index in [1.54, 1.807) is 0 Å². The molecule has 0 spiro atoms. The van der Waals surface area contributed by atoms with Crippen molar-refractivity contribution < 1.29 is 14.3 Å². The van der Waals surface area contributed by atoms with Crippen LogP contribution >= 0.6 is 0 Å². The molecule has 92 valence electrons. The highest BCUT2D eigenvalue weighted by Crippen LogP contribution is 2.13. The number of rotatable bonds is 6. The van der Waals surface area contributed by atoms with E-state index in [9.17, 15) is 9.59 Å². The minimum absolute atomic E-state index is 0.0559. The van der Waals surface area contributed by atoms with Crippen LogP contribution < -0.4 is 5.32 Å². The molecule has 1 heterocycles. The number of carbonyl (C=O) groups is 2. The first-order chi connectivity index (χ1) is 7.61. The maximum Gasteiger partial charge on any atom is 0.306 e. The van der Waals surface area contributed by atoms with Gasteiger partial charge < -0.3 is 10.1 Å². The first kappa shape index (κ1) is 13.0. The quantitative estimate of drug-likeness (QED) is 0.699. The summed E-state index contributed by atoms with van der Waals surface area (Å²) < 4.78 is 5.16. The maximum absolute atomic E-state index is 11.4. The Kier molecular flexibility index (Phi) is 5.29. The van der Waals surface area contributed by atoms with Crippen molar-refractivity contribution >= 4 is 11.9 Å². The molecule has 1 saturated heterocycles. The van der Waals surface area contributed by atoms with Gasteiger partial charge in [0.25, 0.3) is 0 Å². The van der Waals surface area contributed by atoms with Gasteiger partial charge in [0.2, 0.25) is 5.91 Å². The molecule has 4 heteroatoms. The van der Waals surface area contributed by atoms with Gasteiger partial charge in [0.1, 0.15) is 0 Å². The lowest BCUT2D eigenvalue weighted by Gasteiger charge is -2.11. The van der Waals surface area contributed by atoms with Gasteiger partial charge in [0.15, 0.2) is 0 Å². The summed E-state index contributed by atoms with van der Waals surface area (Å²) in [5, 5.41) is 2.72. The van der Waals surface area contributed by atoms with Gasteiger partial charge in [0, 0.05) is 25.3 Å². The summed E-state index contributed by atoms with van der Waals surface area (Å²) in [5.41, 5.74) is 0. The van der Waals surface area contributed by atoms with Crippen LogP contribution in [0.4, 0.5) is 0 Å². The Bertz CT molecular complexity index is 253. The van der Waals surface area contributed by atoms with Crippen LogP contribution in [0.25, 0.3) is 0 Å². The number of ether oxygens (including phenoxy) is 1. The van der Waals surface area contributed by atoms with E-state index in [0.29, 0.717) is 31.9 Å². The molecular formula is C12H21NO3. The summed E-state index contributed by atoms with van der Waals surface area (Å²) in [7, 11) is 0. The second-order valence-corrected chi connectivity index (χ2v) is 4.66. The van der Waals surface area contributed by atoms with Crippen LogP contribution in [-0.4, -0.2) is 25.0 Å². The lowest BCUT2D eigenvalue weighted by molar-refractivity contribution is -0.146. The van der Waals surface area contributed by atoms with Crippen molar-refractivity contribution in [1.82, 2.24) is 5.32 Å². The highest BCUT2D eigenvalue weighted by molar-refractivity contribution is 5.78. The molecule has 0 aromatic heterocycles. The molecule has 2 atom stereocenters. The van der Waals surface area contributed by atoms with Gasteiger partial charge >= 0.3 is 5.97 Å². The minimum Gasteiger partial charge on any atom is -0.465 e. The second kappa shape index (κ2) is 6.51. The van der Waals surface area contributed by atoms with Crippen LogP contribution in [0, 0.1) is 11.8 Å². The van der Waals surface area contributed by atoms with Crippen LogP contribution in [-0.2, 0) is 14.3 Å². The van der Waals surface area contributed by atoms with E-state index in [1.807, 2.05) is 0 Å². The zero-order valence-electron chi connectivity index (χ0n) is 10.1. The molecule has 1 rings (SSSR count). The van der Waals surface area contributed by atoms with Crippen LogP contribution in [0.5, 0.6) is 0 Å². The Morgan fingerprint density at radius 1 is 1.62 bits per heavy atom. The van der Waals surface area contributed by atoms with E-state index >= 15 is 0 Å². The molecule has 4 nitrogen and oxygen atoms in total. The fourth-order valence-corrected chi connectivity index (χ4v) is 1.93. The van der Waals surface area contributed by atoms with Crippen molar-refractivity contribution in [2.24, 2.45) is 11.8 Å². The van der Waals surface area contributed by atoms with Gasteiger partial charge in [-0.3, -0.25) is 9.59 Å². The molecule has 1 amide bonds. The molecule has 0 aromatic carbocycles. The first-order valence-corrected chi connectivity index (χ1v) is 6.04. The normalized spacial score (nSPS) is 21.6. The Balaban J connectivity index is 2.12. The summed E-state index contributed by atoms with van der Waals surface area (Å²) in [4.78, 5) is 22.3. The predicted molar refractivity (Wildman–Crippen MR) is 60.8 cm³/mol. The average Bonchev–Trinajstić information content (AvgIpc) is 2.61. The molecule has 0 aliphatic carbocycles. The van der Waals surface area contributed by atoms with Gasteiger partial charge in [-0.05, 0) is 5.92 Å². The third kappa shape index (κ3) is 4.64. The highest BCUT2D eigenvalue weighted by Gasteiger charge is 2.22. The second-order valence-electron chi connectivity index (χ2n) is 4.66. The van der Waals surface area contributed by atoms with Crippen molar-refractivity contribution in [1.29, 1.82) is 0 Å². The Morgan fingerprint density at radius 2 is 2.38 bits per heavy atom. The third-order valence-corrected chi connectivity index (χ3v) is 2.84. The first-order valence-electron chi connectivity index (χ1n) is 6.04. The molecule has 1 N–H and O–H groups in total. The summed E-state index contributed by atoms with van der Waals surface area (Å²) in [6, 6.07) is 0. The number of amides is 1. The molecule has 16 heavy (non-hydrogen) atoms. The van der Waals surface area contributed by atoms with E-state index in [1.165, 1.54) is 0 Å². The summed E-state index contributed by atoms with van der Waals surface area (Å²) in [6.07, 6.45) is 3.12. The topological polar surface area (TPSA) is 55.4 Å². The predicted octanol–water partition coefficient (Wildman–Crippen LogP) is 1.49. The van der Waals surface area contributed by atoms with Crippen molar-refractivity contribution in [3.63, 3.8) is 0 Å². The molecule has 0 unspecified atom stereocenters. The maximum atomic E-state index is 11.4. The molecule has 1 aliphatic heterocycles. The van der Waals surface area contributed by atoms with E-state index in [2.05, 4.69) is 19.2 Å². The van der Waals surface area contributed by atoms with E-state index in [-0.39, 0.29) is 17.8 Å². The third-order valence-electron chi connectivity index (χ3n) is 2.84. The van der Waals surface area contributed by atoms with Crippen molar-refractivity contribution in [3.05, 3.63) is 0 Å². The summed E-state index contributed by atoms with van der Waals surface area (Å²) in [6.45, 7) is 5.18. The minimum atomic E-state index is -0.139. The van der Waals surface area contributed by atoms with Crippen LogP contribution in [0.15, 0.2) is 0 Å². The van der Waals surface area contributed by atoms with E-state index in [0.717, 1.165) is 12.8 Å². The molecular weight excluding hydrogens is 206 g/mol. The van der Waals surface area contributed by atoms with Crippen LogP contribution in [0.1, 0.15) is 39.5 Å². The number of hydrogen-bond acceptors (Lipinski definition) is 3. The van der Waals surface area contributed by atoms with E-state index < -0.39 is 0 Å². The molecule has 0 saturated carbocycles. The van der Waals surface area contributed by atoms with Crippen LogP contribution in [0.2, 0.25) is 0 Å². The van der Waals surface area contributed by atoms with Crippen molar-refractivity contribution in [2.75, 3.05) is 13.2 Å². The van der Waals surface area contributed by atoms with E-state index in [4.69, 9.17) is 4.74 Å². The smallest absolute Gasteiger partial charge is 0.306 e. The van der Waals surface area contributed by atoms with Crippen LogP contribution in [0.3, 0.4) is 0 Å². The molecule has 1 fully saturated rings. The zero-order valence-corrected chi connectivity index (χ0v) is 10.1. The fraction of sp³-hybridized carbons (Fsp3) is 0.833. The molecule has 0 bridgehead atoms. The highest BCUT2D eigenvalue weighted by atomic mass is 16.5. The Hall–Kier alpha value is -1.06. The lowest BCUT2D eigenvalue weighted by Crippen LogP contribution is -2.18. The molecule has 0 radical (unpaired) electrons. The number of carbonyl (C=O) groups excluding carboxylic acids is 2. The monoisotopic (exact) mass is 227 g/mol.